The molecule has 0 aliphatic carbocycles. The summed E-state index contributed by atoms with van der Waals surface area (Å²) in [6, 6.07) is 6.38. The molecule has 1 rings (SSSR count). The van der Waals surface area contributed by atoms with Crippen LogP contribution in [0, 0.1) is 0 Å². The van der Waals surface area contributed by atoms with Crippen LogP contribution in [0.2, 0.25) is 0 Å². The molecule has 0 saturated carbocycles. The predicted octanol–water partition coefficient (Wildman–Crippen LogP) is 0.624. The van der Waals surface area contributed by atoms with Crippen LogP contribution in [-0.4, -0.2) is 30.8 Å². The number of nitrogens with two attached hydrogens (primary N) is 1. The van der Waals surface area contributed by atoms with Crippen LogP contribution in [0.1, 0.15) is 5.56 Å². The number of rotatable bonds is 6. The molecule has 16 heavy (non-hydrogen) atoms. The van der Waals surface area contributed by atoms with Gasteiger partial charge in [-0.15, -0.1) is 0 Å². The van der Waals surface area contributed by atoms with Gasteiger partial charge < -0.3 is 20.3 Å². The molecular formula is C11H15NO4. The molecule has 0 aliphatic heterocycles. The number of carbonyl (C=O) groups is 1. The third kappa shape index (κ3) is 3.88. The van der Waals surface area contributed by atoms with E-state index < -0.39 is 12.0 Å². The zero-order valence-electron chi connectivity index (χ0n) is 9.05. The van der Waals surface area contributed by atoms with E-state index in [1.165, 1.54) is 0 Å². The summed E-state index contributed by atoms with van der Waals surface area (Å²) >= 11 is 0. The van der Waals surface area contributed by atoms with Crippen molar-refractivity contribution in [1.29, 1.82) is 0 Å². The van der Waals surface area contributed by atoms with E-state index in [9.17, 15) is 4.79 Å². The molecule has 88 valence electrons. The molecule has 3 N–H and O–H groups in total. The summed E-state index contributed by atoms with van der Waals surface area (Å²) in [5, 5.41) is 8.54. The van der Waals surface area contributed by atoms with Crippen molar-refractivity contribution >= 4 is 5.97 Å². The van der Waals surface area contributed by atoms with Crippen molar-refractivity contribution in [2.45, 2.75) is 12.6 Å². The Kier molecular flexibility index (Phi) is 4.75. The van der Waals surface area contributed by atoms with E-state index in [1.54, 1.807) is 7.11 Å². The van der Waals surface area contributed by atoms with Gasteiger partial charge in [0.05, 0.1) is 20.3 Å². The fourth-order valence-electron chi connectivity index (χ4n) is 1.14. The van der Waals surface area contributed by atoms with E-state index in [0.717, 1.165) is 11.3 Å². The molecule has 0 aliphatic rings. The Morgan fingerprint density at radius 3 is 2.94 bits per heavy atom. The first kappa shape index (κ1) is 12.5. The molecule has 0 saturated heterocycles. The Labute approximate surface area is 93.8 Å². The van der Waals surface area contributed by atoms with Gasteiger partial charge in [0.2, 0.25) is 0 Å². The van der Waals surface area contributed by atoms with Crippen LogP contribution in [0.5, 0.6) is 5.75 Å². The molecule has 0 heterocycles. The van der Waals surface area contributed by atoms with Gasteiger partial charge in [0, 0.05) is 0 Å². The first-order valence-electron chi connectivity index (χ1n) is 4.82. The SMILES string of the molecule is COc1cccc(COCC(N)C(=O)O)c1. The lowest BCUT2D eigenvalue weighted by molar-refractivity contribution is -0.140. The third-order valence-corrected chi connectivity index (χ3v) is 2.02. The van der Waals surface area contributed by atoms with Crippen molar-refractivity contribution in [1.82, 2.24) is 0 Å². The average Bonchev–Trinajstić information content (AvgIpc) is 2.29. The fraction of sp³-hybridized carbons (Fsp3) is 0.364. The van der Waals surface area contributed by atoms with E-state index in [4.69, 9.17) is 20.3 Å². The Morgan fingerprint density at radius 2 is 2.31 bits per heavy atom. The molecule has 1 aromatic rings. The first-order chi connectivity index (χ1) is 7.63. The van der Waals surface area contributed by atoms with Crippen LogP contribution in [0.4, 0.5) is 0 Å². The van der Waals surface area contributed by atoms with Gasteiger partial charge in [0.25, 0.3) is 0 Å². The smallest absolute Gasteiger partial charge is 0.322 e. The first-order valence-corrected chi connectivity index (χ1v) is 4.82. The van der Waals surface area contributed by atoms with Gasteiger partial charge in [0.15, 0.2) is 0 Å². The topological polar surface area (TPSA) is 81.8 Å². The molecule has 5 nitrogen and oxygen atoms in total. The highest BCUT2D eigenvalue weighted by atomic mass is 16.5. The zero-order valence-corrected chi connectivity index (χ0v) is 9.05. The standard InChI is InChI=1S/C11H15NO4/c1-15-9-4-2-3-8(5-9)6-16-7-10(12)11(13)14/h2-5,10H,6-7,12H2,1H3,(H,13,14). The Hall–Kier alpha value is -1.59. The molecule has 0 fully saturated rings. The number of ether oxygens (including phenoxy) is 2. The Morgan fingerprint density at radius 1 is 1.56 bits per heavy atom. The Bertz CT molecular complexity index is 354. The minimum absolute atomic E-state index is 0.00740. The molecular weight excluding hydrogens is 210 g/mol. The molecule has 1 aromatic carbocycles. The van der Waals surface area contributed by atoms with Gasteiger partial charge in [0.1, 0.15) is 11.8 Å². The van der Waals surface area contributed by atoms with Crippen LogP contribution < -0.4 is 10.5 Å². The van der Waals surface area contributed by atoms with Crippen molar-refractivity contribution in [3.05, 3.63) is 29.8 Å². The lowest BCUT2D eigenvalue weighted by Crippen LogP contribution is -2.34. The van der Waals surface area contributed by atoms with E-state index in [-0.39, 0.29) is 6.61 Å². The Balaban J connectivity index is 2.39. The number of methoxy groups -OCH3 is 1. The van der Waals surface area contributed by atoms with Crippen molar-refractivity contribution in [3.8, 4) is 5.75 Å². The maximum atomic E-state index is 10.4. The van der Waals surface area contributed by atoms with Gasteiger partial charge in [-0.25, -0.2) is 0 Å². The number of hydrogen-bond acceptors (Lipinski definition) is 4. The monoisotopic (exact) mass is 225 g/mol. The minimum atomic E-state index is -1.06. The molecule has 0 amide bonds. The summed E-state index contributed by atoms with van der Waals surface area (Å²) in [7, 11) is 1.58. The van der Waals surface area contributed by atoms with Crippen molar-refractivity contribution in [2.24, 2.45) is 5.73 Å². The largest absolute Gasteiger partial charge is 0.497 e. The van der Waals surface area contributed by atoms with Crippen LogP contribution in [0.15, 0.2) is 24.3 Å². The molecule has 1 atom stereocenters. The summed E-state index contributed by atoms with van der Waals surface area (Å²) in [6.45, 7) is 0.310. The summed E-state index contributed by atoms with van der Waals surface area (Å²) in [6.07, 6.45) is 0. The summed E-state index contributed by atoms with van der Waals surface area (Å²) in [4.78, 5) is 10.4. The molecule has 0 bridgehead atoms. The number of carboxylic acids is 1. The van der Waals surface area contributed by atoms with Gasteiger partial charge in [-0.05, 0) is 17.7 Å². The average molecular weight is 225 g/mol. The quantitative estimate of drug-likeness (QED) is 0.741. The lowest BCUT2D eigenvalue weighted by atomic mass is 10.2. The molecule has 0 radical (unpaired) electrons. The van der Waals surface area contributed by atoms with Crippen molar-refractivity contribution in [3.63, 3.8) is 0 Å². The van der Waals surface area contributed by atoms with E-state index in [2.05, 4.69) is 0 Å². The van der Waals surface area contributed by atoms with Crippen LogP contribution in [0.25, 0.3) is 0 Å². The van der Waals surface area contributed by atoms with E-state index in [1.807, 2.05) is 24.3 Å². The fourth-order valence-corrected chi connectivity index (χ4v) is 1.14. The highest BCUT2D eigenvalue weighted by molar-refractivity contribution is 5.73. The summed E-state index contributed by atoms with van der Waals surface area (Å²) in [5.41, 5.74) is 6.20. The van der Waals surface area contributed by atoms with Gasteiger partial charge >= 0.3 is 5.97 Å². The van der Waals surface area contributed by atoms with E-state index in [0.29, 0.717) is 6.61 Å². The second kappa shape index (κ2) is 6.09. The maximum Gasteiger partial charge on any atom is 0.322 e. The highest BCUT2D eigenvalue weighted by Crippen LogP contribution is 2.13. The van der Waals surface area contributed by atoms with Crippen molar-refractivity contribution in [2.75, 3.05) is 13.7 Å². The van der Waals surface area contributed by atoms with Gasteiger partial charge in [-0.1, -0.05) is 12.1 Å². The lowest BCUT2D eigenvalue weighted by Gasteiger charge is -2.08. The molecule has 1 unspecified atom stereocenters. The van der Waals surface area contributed by atoms with Crippen LogP contribution in [-0.2, 0) is 16.1 Å². The molecule has 0 spiro atoms. The summed E-state index contributed by atoms with van der Waals surface area (Å²) < 4.78 is 10.2. The summed E-state index contributed by atoms with van der Waals surface area (Å²) in [5.74, 6) is -0.325. The third-order valence-electron chi connectivity index (χ3n) is 2.02. The molecule has 0 aromatic heterocycles. The normalized spacial score (nSPS) is 12.1. The second-order valence-electron chi connectivity index (χ2n) is 3.31. The number of hydrogen-bond donors (Lipinski definition) is 2. The van der Waals surface area contributed by atoms with E-state index >= 15 is 0 Å². The number of benzene rings is 1. The molecule has 5 heteroatoms. The zero-order chi connectivity index (χ0) is 12.0. The van der Waals surface area contributed by atoms with Gasteiger partial charge in [-0.2, -0.15) is 0 Å². The highest BCUT2D eigenvalue weighted by Gasteiger charge is 2.10. The van der Waals surface area contributed by atoms with Gasteiger partial charge in [-0.3, -0.25) is 4.79 Å². The predicted molar refractivity (Wildman–Crippen MR) is 58.3 cm³/mol. The number of carboxylic acid groups (broad SMARTS) is 1. The number of aliphatic carboxylic acids is 1. The van der Waals surface area contributed by atoms with Crippen LogP contribution >= 0.6 is 0 Å². The second-order valence-corrected chi connectivity index (χ2v) is 3.31. The van der Waals surface area contributed by atoms with Crippen molar-refractivity contribution < 1.29 is 19.4 Å². The minimum Gasteiger partial charge on any atom is -0.497 e. The van der Waals surface area contributed by atoms with Crippen LogP contribution in [0.3, 0.4) is 0 Å². The maximum absolute atomic E-state index is 10.4.